The fourth-order valence-corrected chi connectivity index (χ4v) is 2.12. The number of pyridine rings is 1. The van der Waals surface area contributed by atoms with Crippen LogP contribution in [0.2, 0.25) is 0 Å². The Kier molecular flexibility index (Phi) is 3.43. The van der Waals surface area contributed by atoms with Crippen LogP contribution in [-0.2, 0) is 4.79 Å². The second-order valence-electron chi connectivity index (χ2n) is 3.37. The van der Waals surface area contributed by atoms with Crippen molar-refractivity contribution < 1.29 is 9.90 Å². The van der Waals surface area contributed by atoms with Gasteiger partial charge in [0, 0.05) is 18.6 Å². The lowest BCUT2D eigenvalue weighted by Gasteiger charge is -2.08. The molecule has 0 unspecified atom stereocenters. The normalized spacial score (nSPS) is 10.4. The first-order chi connectivity index (χ1) is 8.18. The van der Waals surface area contributed by atoms with Crippen LogP contribution in [0.15, 0.2) is 35.9 Å². The van der Waals surface area contributed by atoms with E-state index in [1.165, 1.54) is 11.8 Å². The Bertz CT molecular complexity index is 539. The molecule has 0 aliphatic carbocycles. The summed E-state index contributed by atoms with van der Waals surface area (Å²) in [5.41, 5.74) is 1.79. The maximum absolute atomic E-state index is 10.5. The minimum atomic E-state index is -0.854. The number of aromatic nitrogens is 3. The summed E-state index contributed by atoms with van der Waals surface area (Å²) in [5.74, 6) is -0.858. The lowest BCUT2D eigenvalue weighted by molar-refractivity contribution is -0.133. The molecule has 6 heteroatoms. The van der Waals surface area contributed by atoms with Crippen molar-refractivity contribution in [1.82, 2.24) is 14.5 Å². The number of rotatable bonds is 4. The topological polar surface area (TPSA) is 68.0 Å². The zero-order valence-electron chi connectivity index (χ0n) is 9.20. The summed E-state index contributed by atoms with van der Waals surface area (Å²) in [7, 11) is 0. The lowest BCUT2D eigenvalue weighted by Crippen LogP contribution is -2.02. The fraction of sp³-hybridized carbons (Fsp3) is 0.182. The summed E-state index contributed by atoms with van der Waals surface area (Å²) in [6, 6.07) is 3.77. The molecule has 0 fully saturated rings. The van der Waals surface area contributed by atoms with Crippen LogP contribution >= 0.6 is 11.8 Å². The Morgan fingerprint density at radius 1 is 1.47 bits per heavy atom. The van der Waals surface area contributed by atoms with Crippen LogP contribution in [0.25, 0.3) is 5.69 Å². The second kappa shape index (κ2) is 5.01. The molecule has 0 amide bonds. The number of thioether (sulfide) groups is 1. The van der Waals surface area contributed by atoms with E-state index >= 15 is 0 Å². The number of hydrogen-bond acceptors (Lipinski definition) is 4. The van der Waals surface area contributed by atoms with E-state index in [2.05, 4.69) is 9.97 Å². The fourth-order valence-electron chi connectivity index (χ4n) is 1.44. The van der Waals surface area contributed by atoms with Gasteiger partial charge >= 0.3 is 5.97 Å². The molecular formula is C11H11N3O2S. The third-order valence-corrected chi connectivity index (χ3v) is 3.12. The first kappa shape index (κ1) is 11.7. The standard InChI is InChI=1S/C11H11N3O2S/c1-8-9(3-2-4-12-8)14-6-5-13-11(14)17-7-10(15)16/h2-6H,7H2,1H3,(H,15,16). The summed E-state index contributed by atoms with van der Waals surface area (Å²) < 4.78 is 1.84. The van der Waals surface area contributed by atoms with Gasteiger partial charge in [0.25, 0.3) is 0 Å². The van der Waals surface area contributed by atoms with Gasteiger partial charge in [-0.05, 0) is 19.1 Å². The third kappa shape index (κ3) is 2.65. The van der Waals surface area contributed by atoms with Crippen molar-refractivity contribution in [3.05, 3.63) is 36.4 Å². The minimum Gasteiger partial charge on any atom is -0.481 e. The Balaban J connectivity index is 2.31. The van der Waals surface area contributed by atoms with Crippen LogP contribution in [0, 0.1) is 6.92 Å². The number of aryl methyl sites for hydroxylation is 1. The van der Waals surface area contributed by atoms with Crippen LogP contribution in [0.3, 0.4) is 0 Å². The molecule has 2 rings (SSSR count). The SMILES string of the molecule is Cc1ncccc1-n1ccnc1SCC(=O)O. The molecule has 0 aliphatic rings. The molecule has 0 spiro atoms. The highest BCUT2D eigenvalue weighted by Crippen LogP contribution is 2.21. The van der Waals surface area contributed by atoms with Gasteiger partial charge < -0.3 is 5.11 Å². The molecule has 0 atom stereocenters. The lowest BCUT2D eigenvalue weighted by atomic mass is 10.3. The molecule has 0 aliphatic heterocycles. The van der Waals surface area contributed by atoms with E-state index in [1.54, 1.807) is 18.6 Å². The number of carboxylic acid groups (broad SMARTS) is 1. The predicted octanol–water partition coefficient (Wildman–Crippen LogP) is 1.75. The molecule has 2 heterocycles. The van der Waals surface area contributed by atoms with Gasteiger partial charge in [0.1, 0.15) is 0 Å². The summed E-state index contributed by atoms with van der Waals surface area (Å²) in [6.07, 6.45) is 5.17. The Morgan fingerprint density at radius 2 is 2.29 bits per heavy atom. The smallest absolute Gasteiger partial charge is 0.313 e. The summed E-state index contributed by atoms with van der Waals surface area (Å²) in [6.45, 7) is 1.90. The molecule has 1 N–H and O–H groups in total. The first-order valence-electron chi connectivity index (χ1n) is 4.98. The van der Waals surface area contributed by atoms with Crippen LogP contribution in [0.5, 0.6) is 0 Å². The molecule has 0 radical (unpaired) electrons. The van der Waals surface area contributed by atoms with Gasteiger partial charge in [-0.2, -0.15) is 0 Å². The Hall–Kier alpha value is -1.82. The van der Waals surface area contributed by atoms with E-state index in [1.807, 2.05) is 23.6 Å². The highest BCUT2D eigenvalue weighted by Gasteiger charge is 2.09. The Labute approximate surface area is 103 Å². The van der Waals surface area contributed by atoms with E-state index in [4.69, 9.17) is 5.11 Å². The molecule has 0 aromatic carbocycles. The third-order valence-electron chi connectivity index (χ3n) is 2.17. The van der Waals surface area contributed by atoms with Crippen LogP contribution in [-0.4, -0.2) is 31.4 Å². The molecule has 0 bridgehead atoms. The number of aliphatic carboxylic acids is 1. The van der Waals surface area contributed by atoms with Crippen molar-refractivity contribution in [1.29, 1.82) is 0 Å². The van der Waals surface area contributed by atoms with Gasteiger partial charge in [0.2, 0.25) is 0 Å². The second-order valence-corrected chi connectivity index (χ2v) is 4.31. The molecule has 17 heavy (non-hydrogen) atoms. The van der Waals surface area contributed by atoms with Gasteiger partial charge in [-0.1, -0.05) is 11.8 Å². The largest absolute Gasteiger partial charge is 0.481 e. The minimum absolute atomic E-state index is 0.00365. The maximum atomic E-state index is 10.5. The van der Waals surface area contributed by atoms with Gasteiger partial charge in [0.15, 0.2) is 5.16 Å². The van der Waals surface area contributed by atoms with E-state index in [9.17, 15) is 4.79 Å². The van der Waals surface area contributed by atoms with E-state index < -0.39 is 5.97 Å². The van der Waals surface area contributed by atoms with Crippen LogP contribution < -0.4 is 0 Å². The number of imidazole rings is 1. The van der Waals surface area contributed by atoms with Gasteiger partial charge in [-0.3, -0.25) is 14.3 Å². The number of nitrogens with zero attached hydrogens (tertiary/aromatic N) is 3. The summed E-state index contributed by atoms with van der Waals surface area (Å²) in [5, 5.41) is 9.31. The van der Waals surface area contributed by atoms with E-state index in [-0.39, 0.29) is 5.75 Å². The zero-order valence-corrected chi connectivity index (χ0v) is 10.0. The highest BCUT2D eigenvalue weighted by molar-refractivity contribution is 7.99. The Morgan fingerprint density at radius 3 is 3.00 bits per heavy atom. The molecule has 0 saturated carbocycles. The quantitative estimate of drug-likeness (QED) is 0.836. The molecule has 5 nitrogen and oxygen atoms in total. The van der Waals surface area contributed by atoms with Crippen LogP contribution in [0.1, 0.15) is 5.69 Å². The average Bonchev–Trinajstić information content (AvgIpc) is 2.75. The van der Waals surface area contributed by atoms with E-state index in [0.29, 0.717) is 5.16 Å². The highest BCUT2D eigenvalue weighted by atomic mass is 32.2. The first-order valence-corrected chi connectivity index (χ1v) is 5.97. The van der Waals surface area contributed by atoms with Gasteiger partial charge in [-0.25, -0.2) is 4.98 Å². The van der Waals surface area contributed by atoms with Crippen LogP contribution in [0.4, 0.5) is 0 Å². The monoisotopic (exact) mass is 249 g/mol. The predicted molar refractivity (Wildman–Crippen MR) is 64.5 cm³/mol. The summed E-state index contributed by atoms with van der Waals surface area (Å²) in [4.78, 5) is 18.9. The average molecular weight is 249 g/mol. The van der Waals surface area contributed by atoms with Crippen molar-refractivity contribution in [3.8, 4) is 5.69 Å². The van der Waals surface area contributed by atoms with Crippen molar-refractivity contribution >= 4 is 17.7 Å². The van der Waals surface area contributed by atoms with Crippen molar-refractivity contribution in [2.24, 2.45) is 0 Å². The molecule has 0 saturated heterocycles. The van der Waals surface area contributed by atoms with Crippen molar-refractivity contribution in [3.63, 3.8) is 0 Å². The molecule has 2 aromatic rings. The summed E-state index contributed by atoms with van der Waals surface area (Å²) >= 11 is 1.19. The zero-order chi connectivity index (χ0) is 12.3. The van der Waals surface area contributed by atoms with Crippen molar-refractivity contribution in [2.45, 2.75) is 12.1 Å². The number of carbonyl (C=O) groups is 1. The molecule has 88 valence electrons. The van der Waals surface area contributed by atoms with Gasteiger partial charge in [-0.15, -0.1) is 0 Å². The van der Waals surface area contributed by atoms with Gasteiger partial charge in [0.05, 0.1) is 17.1 Å². The molecule has 2 aromatic heterocycles. The van der Waals surface area contributed by atoms with Crippen molar-refractivity contribution in [2.75, 3.05) is 5.75 Å². The molecular weight excluding hydrogens is 238 g/mol. The number of hydrogen-bond donors (Lipinski definition) is 1. The maximum Gasteiger partial charge on any atom is 0.313 e. The van der Waals surface area contributed by atoms with E-state index in [0.717, 1.165) is 11.4 Å². The number of carboxylic acids is 1.